The van der Waals surface area contributed by atoms with E-state index in [9.17, 15) is 8.42 Å². The summed E-state index contributed by atoms with van der Waals surface area (Å²) in [5.41, 5.74) is 1.18. The fourth-order valence-electron chi connectivity index (χ4n) is 1.66. The normalized spacial score (nSPS) is 11.9. The molecule has 19 heavy (non-hydrogen) atoms. The molecule has 2 heterocycles. The monoisotopic (exact) mass is 317 g/mol. The van der Waals surface area contributed by atoms with Crippen LogP contribution in [0.15, 0.2) is 27.8 Å². The van der Waals surface area contributed by atoms with E-state index in [-0.39, 0.29) is 10.8 Å². The van der Waals surface area contributed by atoms with E-state index in [1.54, 1.807) is 17.4 Å². The van der Waals surface area contributed by atoms with E-state index < -0.39 is 10.0 Å². The highest BCUT2D eigenvalue weighted by Gasteiger charge is 2.17. The van der Waals surface area contributed by atoms with Crippen molar-refractivity contribution in [2.75, 3.05) is 0 Å². The Morgan fingerprint density at radius 2 is 2.11 bits per heavy atom. The quantitative estimate of drug-likeness (QED) is 0.859. The summed E-state index contributed by atoms with van der Waals surface area (Å²) in [7, 11) is -3.49. The smallest absolute Gasteiger partial charge is 0.250 e. The fourth-order valence-corrected chi connectivity index (χ4v) is 4.92. The number of aliphatic hydroxyl groups excluding tert-OH is 1. The molecule has 2 aromatic heterocycles. The van der Waals surface area contributed by atoms with Crippen molar-refractivity contribution in [2.45, 2.75) is 30.7 Å². The molecule has 0 fully saturated rings. The average Bonchev–Trinajstić information content (AvgIpc) is 3.05. The molecule has 0 saturated heterocycles. The number of hydrogen-bond acceptors (Lipinski definition) is 5. The van der Waals surface area contributed by atoms with Crippen LogP contribution in [0, 0.1) is 0 Å². The molecular weight excluding hydrogens is 302 g/mol. The molecule has 7 heteroatoms. The molecule has 0 saturated carbocycles. The minimum Gasteiger partial charge on any atom is -0.391 e. The lowest BCUT2D eigenvalue weighted by Gasteiger charge is -2.05. The lowest BCUT2D eigenvalue weighted by atomic mass is 10.2. The van der Waals surface area contributed by atoms with Gasteiger partial charge < -0.3 is 5.11 Å². The van der Waals surface area contributed by atoms with Crippen molar-refractivity contribution in [1.82, 2.24) is 4.72 Å². The maximum Gasteiger partial charge on any atom is 0.250 e. The Labute approximate surface area is 120 Å². The van der Waals surface area contributed by atoms with Gasteiger partial charge in [-0.25, -0.2) is 13.1 Å². The van der Waals surface area contributed by atoms with Crippen LogP contribution < -0.4 is 4.72 Å². The topological polar surface area (TPSA) is 66.4 Å². The van der Waals surface area contributed by atoms with E-state index in [4.69, 9.17) is 5.11 Å². The molecule has 0 unspecified atom stereocenters. The summed E-state index contributed by atoms with van der Waals surface area (Å²) in [5.74, 6) is 0. The number of hydrogen-bond donors (Lipinski definition) is 2. The number of sulfonamides is 1. The number of aryl methyl sites for hydroxylation is 1. The second-order valence-electron chi connectivity index (χ2n) is 3.93. The Hall–Kier alpha value is -0.730. The Balaban J connectivity index is 2.09. The highest BCUT2D eigenvalue weighted by molar-refractivity contribution is 7.91. The van der Waals surface area contributed by atoms with Gasteiger partial charge in [0.15, 0.2) is 0 Å². The molecule has 0 bridgehead atoms. The number of rotatable bonds is 6. The van der Waals surface area contributed by atoms with Gasteiger partial charge in [0.2, 0.25) is 10.0 Å². The molecule has 2 rings (SSSR count). The number of aliphatic hydroxyl groups is 1. The zero-order valence-corrected chi connectivity index (χ0v) is 12.9. The summed E-state index contributed by atoms with van der Waals surface area (Å²) in [5, 5.41) is 10.9. The fraction of sp³-hybridized carbons (Fsp3) is 0.333. The molecule has 0 aliphatic rings. The van der Waals surface area contributed by atoms with Crippen LogP contribution in [0.4, 0.5) is 0 Å². The molecule has 0 aliphatic carbocycles. The minimum atomic E-state index is -3.49. The van der Waals surface area contributed by atoms with Crippen molar-refractivity contribution in [3.63, 3.8) is 0 Å². The summed E-state index contributed by atoms with van der Waals surface area (Å²) >= 11 is 2.65. The molecule has 0 aromatic carbocycles. The van der Waals surface area contributed by atoms with Crippen LogP contribution in [0.2, 0.25) is 0 Å². The molecule has 0 atom stereocenters. The van der Waals surface area contributed by atoms with Gasteiger partial charge in [-0.15, -0.1) is 22.7 Å². The van der Waals surface area contributed by atoms with Crippen LogP contribution in [0.3, 0.4) is 0 Å². The van der Waals surface area contributed by atoms with Crippen molar-refractivity contribution in [2.24, 2.45) is 0 Å². The highest BCUT2D eigenvalue weighted by atomic mass is 32.2. The van der Waals surface area contributed by atoms with Gasteiger partial charge in [-0.1, -0.05) is 6.92 Å². The summed E-state index contributed by atoms with van der Waals surface area (Å²) in [6.45, 7) is 2.23. The van der Waals surface area contributed by atoms with E-state index >= 15 is 0 Å². The third-order valence-corrected chi connectivity index (χ3v) is 6.63. The van der Waals surface area contributed by atoms with Gasteiger partial charge in [-0.3, -0.25) is 0 Å². The molecule has 4 nitrogen and oxygen atoms in total. The highest BCUT2D eigenvalue weighted by Crippen LogP contribution is 2.23. The summed E-state index contributed by atoms with van der Waals surface area (Å²) in [6, 6.07) is 5.17. The zero-order chi connectivity index (χ0) is 13.9. The Morgan fingerprint density at radius 3 is 2.74 bits per heavy atom. The van der Waals surface area contributed by atoms with Crippen LogP contribution in [-0.2, 0) is 29.6 Å². The third-order valence-electron chi connectivity index (χ3n) is 2.70. The second-order valence-corrected chi connectivity index (χ2v) is 8.09. The molecular formula is C12H15NO3S3. The van der Waals surface area contributed by atoms with Gasteiger partial charge in [0.25, 0.3) is 0 Å². The molecule has 0 radical (unpaired) electrons. The second kappa shape index (κ2) is 6.15. The lowest BCUT2D eigenvalue weighted by molar-refractivity contribution is 0.285. The first-order chi connectivity index (χ1) is 9.06. The van der Waals surface area contributed by atoms with Gasteiger partial charge in [0.1, 0.15) is 4.21 Å². The maximum atomic E-state index is 12.1. The SMILES string of the molecule is CCc1ccsc1CNS(=O)(=O)c1ccc(CO)s1. The number of thiophene rings is 2. The predicted molar refractivity (Wildman–Crippen MR) is 78.0 cm³/mol. The van der Waals surface area contributed by atoms with Gasteiger partial charge in [0.05, 0.1) is 6.61 Å². The van der Waals surface area contributed by atoms with Crippen molar-refractivity contribution in [3.05, 3.63) is 38.9 Å². The number of nitrogens with one attached hydrogen (secondary N) is 1. The third kappa shape index (κ3) is 3.43. The van der Waals surface area contributed by atoms with Crippen molar-refractivity contribution < 1.29 is 13.5 Å². The molecule has 2 aromatic rings. The predicted octanol–water partition coefficient (Wildman–Crippen LogP) is 2.34. The Bertz CT molecular complexity index is 643. The first kappa shape index (κ1) is 14.7. The molecule has 104 valence electrons. The lowest BCUT2D eigenvalue weighted by Crippen LogP contribution is -2.22. The standard InChI is InChI=1S/C12H15NO3S3/c1-2-9-5-6-17-11(9)7-13-19(15,16)12-4-3-10(8-14)18-12/h3-6,13-14H,2,7-8H2,1H3. The largest absolute Gasteiger partial charge is 0.391 e. The van der Waals surface area contributed by atoms with Crippen LogP contribution >= 0.6 is 22.7 Å². The Kier molecular flexibility index (Phi) is 4.75. The van der Waals surface area contributed by atoms with E-state index in [0.717, 1.165) is 22.6 Å². The van der Waals surface area contributed by atoms with E-state index in [0.29, 0.717) is 11.4 Å². The maximum absolute atomic E-state index is 12.1. The molecule has 0 spiro atoms. The summed E-state index contributed by atoms with van der Waals surface area (Å²) < 4.78 is 27.0. The van der Waals surface area contributed by atoms with E-state index in [1.165, 1.54) is 11.6 Å². The van der Waals surface area contributed by atoms with Crippen molar-refractivity contribution >= 4 is 32.7 Å². The first-order valence-electron chi connectivity index (χ1n) is 5.81. The molecule has 0 aliphatic heterocycles. The van der Waals surface area contributed by atoms with Crippen LogP contribution in [-0.4, -0.2) is 13.5 Å². The van der Waals surface area contributed by atoms with Gasteiger partial charge >= 0.3 is 0 Å². The summed E-state index contributed by atoms with van der Waals surface area (Å²) in [4.78, 5) is 1.69. The molecule has 0 amide bonds. The van der Waals surface area contributed by atoms with E-state index in [2.05, 4.69) is 4.72 Å². The zero-order valence-electron chi connectivity index (χ0n) is 10.4. The van der Waals surface area contributed by atoms with Crippen LogP contribution in [0.5, 0.6) is 0 Å². The van der Waals surface area contributed by atoms with Gasteiger partial charge in [-0.2, -0.15) is 0 Å². The van der Waals surface area contributed by atoms with Crippen LogP contribution in [0.1, 0.15) is 22.2 Å². The minimum absolute atomic E-state index is 0.134. The van der Waals surface area contributed by atoms with Gasteiger partial charge in [0, 0.05) is 16.3 Å². The van der Waals surface area contributed by atoms with Gasteiger partial charge in [-0.05, 0) is 35.6 Å². The average molecular weight is 317 g/mol. The van der Waals surface area contributed by atoms with Crippen molar-refractivity contribution in [3.8, 4) is 0 Å². The van der Waals surface area contributed by atoms with Crippen molar-refractivity contribution in [1.29, 1.82) is 0 Å². The summed E-state index contributed by atoms with van der Waals surface area (Å²) in [6.07, 6.45) is 0.897. The first-order valence-corrected chi connectivity index (χ1v) is 8.99. The molecule has 2 N–H and O–H groups in total. The van der Waals surface area contributed by atoms with E-state index in [1.807, 2.05) is 18.4 Å². The Morgan fingerprint density at radius 1 is 1.32 bits per heavy atom. The van der Waals surface area contributed by atoms with Crippen LogP contribution in [0.25, 0.3) is 0 Å².